The summed E-state index contributed by atoms with van der Waals surface area (Å²) in [5.41, 5.74) is 9.71. The fourth-order valence-electron chi connectivity index (χ4n) is 4.90. The Morgan fingerprint density at radius 3 is 2.64 bits per heavy atom. The Labute approximate surface area is 224 Å². The Bertz CT molecular complexity index is 1480. The maximum absolute atomic E-state index is 6.18. The molecule has 182 valence electrons. The van der Waals surface area contributed by atoms with Crippen LogP contribution in [-0.2, 0) is 26.4 Å². The number of nitrogens with zero attached hydrogens (tertiary/aromatic N) is 3. The van der Waals surface area contributed by atoms with Crippen LogP contribution in [0, 0.1) is 6.92 Å². The fourth-order valence-corrected chi connectivity index (χ4v) is 6.08. The van der Waals surface area contributed by atoms with E-state index in [4.69, 9.17) is 24.4 Å². The van der Waals surface area contributed by atoms with E-state index in [1.807, 2.05) is 18.2 Å². The highest BCUT2D eigenvalue weighted by Gasteiger charge is 2.18. The monoisotopic (exact) mass is 511 g/mol. The standard InChI is InChI=1S/C30H31BClN3S/c1-19(2)28-17-27-30(36-28)33-29(34(27)4)18-35-13-11-21(12-14-35)24-6-5-20(3)23(15-24)8-7-22-9-10-25(32)16-26(22)31/h5-6,9-11,15-17H,1,7-8,12-14,18H2,2-4H3. The summed E-state index contributed by atoms with van der Waals surface area (Å²) in [6, 6.07) is 14.9. The average molecular weight is 512 g/mol. The van der Waals surface area contributed by atoms with Crippen LogP contribution in [0.25, 0.3) is 21.5 Å². The second-order valence-corrected chi connectivity index (χ2v) is 11.3. The van der Waals surface area contributed by atoms with Crippen molar-refractivity contribution in [1.29, 1.82) is 0 Å². The minimum atomic E-state index is 0.687. The van der Waals surface area contributed by atoms with Crippen LogP contribution in [0.15, 0.2) is 55.1 Å². The molecule has 3 nitrogen and oxygen atoms in total. The summed E-state index contributed by atoms with van der Waals surface area (Å²) in [7, 11) is 8.30. The van der Waals surface area contributed by atoms with Crippen molar-refractivity contribution >= 4 is 57.7 Å². The second-order valence-electron chi connectivity index (χ2n) is 9.87. The minimum absolute atomic E-state index is 0.687. The zero-order chi connectivity index (χ0) is 25.4. The molecule has 0 unspecified atom stereocenters. The number of hydrogen-bond donors (Lipinski definition) is 0. The molecule has 4 aromatic rings. The van der Waals surface area contributed by atoms with Crippen molar-refractivity contribution in [3.63, 3.8) is 0 Å². The normalized spacial score (nSPS) is 14.4. The van der Waals surface area contributed by atoms with Gasteiger partial charge >= 0.3 is 0 Å². The summed E-state index contributed by atoms with van der Waals surface area (Å²) in [4.78, 5) is 9.73. The molecule has 0 amide bonds. The summed E-state index contributed by atoms with van der Waals surface area (Å²) in [6.07, 6.45) is 5.31. The van der Waals surface area contributed by atoms with E-state index in [1.54, 1.807) is 11.3 Å². The summed E-state index contributed by atoms with van der Waals surface area (Å²) in [5.74, 6) is 1.13. The summed E-state index contributed by atoms with van der Waals surface area (Å²) >= 11 is 7.79. The van der Waals surface area contributed by atoms with E-state index < -0.39 is 0 Å². The van der Waals surface area contributed by atoms with Gasteiger partial charge in [-0.1, -0.05) is 65.6 Å². The number of fused-ring (bicyclic) bond motifs is 1. The third-order valence-electron chi connectivity index (χ3n) is 7.24. The SMILES string of the molecule is [B]c1cc(Cl)ccc1CCc1cc(C2=CCN(Cc3nc4sc(C(=C)C)cc4n3C)CC2)ccc1C. The van der Waals surface area contributed by atoms with Crippen LogP contribution < -0.4 is 5.46 Å². The van der Waals surface area contributed by atoms with Gasteiger partial charge in [-0.2, -0.15) is 0 Å². The van der Waals surface area contributed by atoms with Crippen molar-refractivity contribution < 1.29 is 0 Å². The van der Waals surface area contributed by atoms with E-state index in [1.165, 1.54) is 32.7 Å². The van der Waals surface area contributed by atoms with Crippen molar-refractivity contribution in [1.82, 2.24) is 14.5 Å². The molecule has 0 saturated heterocycles. The van der Waals surface area contributed by atoms with Gasteiger partial charge in [0.1, 0.15) is 18.5 Å². The molecule has 0 spiro atoms. The minimum Gasteiger partial charge on any atom is -0.329 e. The van der Waals surface area contributed by atoms with Crippen LogP contribution in [0.3, 0.4) is 0 Å². The van der Waals surface area contributed by atoms with Crippen molar-refractivity contribution in [3.8, 4) is 0 Å². The van der Waals surface area contributed by atoms with Gasteiger partial charge in [-0.05, 0) is 73.1 Å². The number of halogens is 1. The van der Waals surface area contributed by atoms with E-state index in [-0.39, 0.29) is 0 Å². The number of aryl methyl sites for hydroxylation is 4. The van der Waals surface area contributed by atoms with Gasteiger partial charge in [-0.3, -0.25) is 4.90 Å². The van der Waals surface area contributed by atoms with E-state index >= 15 is 0 Å². The highest BCUT2D eigenvalue weighted by molar-refractivity contribution is 7.19. The maximum Gasteiger partial charge on any atom is 0.142 e. The maximum atomic E-state index is 6.18. The fraction of sp³-hybridized carbons (Fsp3) is 0.300. The van der Waals surface area contributed by atoms with Gasteiger partial charge in [0.05, 0.1) is 12.1 Å². The number of rotatable bonds is 7. The van der Waals surface area contributed by atoms with Crippen LogP contribution in [-0.4, -0.2) is 35.4 Å². The quantitative estimate of drug-likeness (QED) is 0.264. The average Bonchev–Trinajstić information content (AvgIpc) is 3.40. The Balaban J connectivity index is 1.25. The molecule has 0 N–H and O–H groups in total. The Hall–Kier alpha value is -2.60. The van der Waals surface area contributed by atoms with Gasteiger partial charge in [0.2, 0.25) is 0 Å². The molecule has 0 fully saturated rings. The molecule has 0 aliphatic carbocycles. The van der Waals surface area contributed by atoms with Crippen LogP contribution in [0.5, 0.6) is 0 Å². The molecule has 5 rings (SSSR count). The van der Waals surface area contributed by atoms with Crippen molar-refractivity contribution in [2.75, 3.05) is 13.1 Å². The number of thiophene rings is 1. The van der Waals surface area contributed by atoms with E-state index in [0.29, 0.717) is 5.02 Å². The number of benzene rings is 2. The lowest BCUT2D eigenvalue weighted by Gasteiger charge is -2.26. The molecule has 1 aliphatic rings. The Morgan fingerprint density at radius 1 is 1.14 bits per heavy atom. The first kappa shape index (κ1) is 25.1. The topological polar surface area (TPSA) is 21.1 Å². The van der Waals surface area contributed by atoms with Gasteiger partial charge in [-0.25, -0.2) is 4.98 Å². The lowest BCUT2D eigenvalue weighted by atomic mass is 9.87. The zero-order valence-corrected chi connectivity index (χ0v) is 22.8. The lowest BCUT2D eigenvalue weighted by molar-refractivity contribution is 0.284. The lowest BCUT2D eigenvalue weighted by Crippen LogP contribution is -2.29. The number of aromatic nitrogens is 2. The van der Waals surface area contributed by atoms with Crippen molar-refractivity contribution in [2.24, 2.45) is 7.05 Å². The van der Waals surface area contributed by atoms with E-state index in [9.17, 15) is 0 Å². The Kier molecular flexibility index (Phi) is 7.25. The van der Waals surface area contributed by atoms with Gasteiger partial charge in [0.25, 0.3) is 0 Å². The van der Waals surface area contributed by atoms with Crippen molar-refractivity contribution in [2.45, 2.75) is 39.7 Å². The molecule has 0 atom stereocenters. The van der Waals surface area contributed by atoms with E-state index in [0.717, 1.165) is 66.2 Å². The molecular formula is C30H31BClN3S. The summed E-state index contributed by atoms with van der Waals surface area (Å²) < 4.78 is 2.23. The highest BCUT2D eigenvalue weighted by Crippen LogP contribution is 2.31. The Morgan fingerprint density at radius 2 is 1.94 bits per heavy atom. The highest BCUT2D eigenvalue weighted by atomic mass is 35.5. The van der Waals surface area contributed by atoms with Gasteiger partial charge in [0.15, 0.2) is 0 Å². The third-order valence-corrected chi connectivity index (χ3v) is 8.66. The first-order valence-electron chi connectivity index (χ1n) is 12.4. The zero-order valence-electron chi connectivity index (χ0n) is 21.3. The van der Waals surface area contributed by atoms with Crippen LogP contribution in [0.2, 0.25) is 5.02 Å². The molecule has 2 radical (unpaired) electrons. The molecule has 6 heteroatoms. The predicted octanol–water partition coefficient (Wildman–Crippen LogP) is 6.50. The number of allylic oxidation sites excluding steroid dienone is 1. The predicted molar refractivity (Wildman–Crippen MR) is 157 cm³/mol. The van der Waals surface area contributed by atoms with E-state index in [2.05, 4.69) is 67.3 Å². The number of hydrogen-bond acceptors (Lipinski definition) is 3. The molecule has 3 heterocycles. The summed E-state index contributed by atoms with van der Waals surface area (Å²) in [5, 5.41) is 0.687. The molecule has 36 heavy (non-hydrogen) atoms. The first-order chi connectivity index (χ1) is 17.3. The first-order valence-corrected chi connectivity index (χ1v) is 13.6. The molecule has 2 aromatic carbocycles. The largest absolute Gasteiger partial charge is 0.329 e. The van der Waals surface area contributed by atoms with Gasteiger partial charge in [0, 0.05) is 30.0 Å². The summed E-state index contributed by atoms with van der Waals surface area (Å²) in [6.45, 7) is 11.2. The van der Waals surface area contributed by atoms with Gasteiger partial charge < -0.3 is 4.57 Å². The second kappa shape index (κ2) is 10.4. The number of imidazole rings is 1. The third kappa shape index (κ3) is 5.24. The van der Waals surface area contributed by atoms with Crippen LogP contribution >= 0.6 is 22.9 Å². The molecular weight excluding hydrogens is 481 g/mol. The molecule has 2 aromatic heterocycles. The van der Waals surface area contributed by atoms with Crippen LogP contribution in [0.1, 0.15) is 46.3 Å². The smallest absolute Gasteiger partial charge is 0.142 e. The molecule has 0 bridgehead atoms. The van der Waals surface area contributed by atoms with Gasteiger partial charge in [-0.15, -0.1) is 11.3 Å². The van der Waals surface area contributed by atoms with Crippen LogP contribution in [0.4, 0.5) is 0 Å². The molecule has 0 saturated carbocycles. The molecule has 1 aliphatic heterocycles. The van der Waals surface area contributed by atoms with Crippen molar-refractivity contribution in [3.05, 3.63) is 93.1 Å².